The molecule has 0 amide bonds. The molecule has 0 bridgehead atoms. The molecule has 6 nitrogen and oxygen atoms in total. The van der Waals surface area contributed by atoms with Crippen LogP contribution >= 0.6 is 0 Å². The number of ether oxygens (including phenoxy) is 1. The van der Waals surface area contributed by atoms with Gasteiger partial charge >= 0.3 is 5.69 Å². The van der Waals surface area contributed by atoms with E-state index >= 15 is 0 Å². The summed E-state index contributed by atoms with van der Waals surface area (Å²) in [4.78, 5) is 18.6. The summed E-state index contributed by atoms with van der Waals surface area (Å²) in [5.74, 6) is 2.33. The van der Waals surface area contributed by atoms with Crippen molar-refractivity contribution in [2.24, 2.45) is 0 Å². The van der Waals surface area contributed by atoms with E-state index in [9.17, 15) is 4.79 Å². The van der Waals surface area contributed by atoms with Crippen LogP contribution in [-0.4, -0.2) is 21.1 Å². The van der Waals surface area contributed by atoms with Gasteiger partial charge in [-0.3, -0.25) is 4.57 Å². The lowest BCUT2D eigenvalue weighted by Crippen LogP contribution is -2.20. The van der Waals surface area contributed by atoms with Crippen LogP contribution in [0.1, 0.15) is 0 Å². The number of H-pyrrole nitrogens is 1. The zero-order valence-corrected chi connectivity index (χ0v) is 15.2. The van der Waals surface area contributed by atoms with Gasteiger partial charge in [-0.25, -0.2) is 9.78 Å². The highest BCUT2D eigenvalue weighted by Crippen LogP contribution is 2.33. The van der Waals surface area contributed by atoms with Crippen LogP contribution in [0.15, 0.2) is 90.1 Å². The van der Waals surface area contributed by atoms with Gasteiger partial charge in [0.05, 0.1) is 0 Å². The van der Waals surface area contributed by atoms with E-state index in [0.717, 1.165) is 28.4 Å². The number of hydrogen-bond donors (Lipinski definition) is 2. The summed E-state index contributed by atoms with van der Waals surface area (Å²) in [6.07, 6.45) is 5.17. The molecule has 4 aromatic rings. The zero-order valence-electron chi connectivity index (χ0n) is 15.2. The number of aromatic nitrogens is 3. The van der Waals surface area contributed by atoms with E-state index in [1.807, 2.05) is 72.9 Å². The highest BCUT2D eigenvalue weighted by Gasteiger charge is 2.07. The molecule has 0 aliphatic carbocycles. The molecule has 0 aliphatic rings. The van der Waals surface area contributed by atoms with Gasteiger partial charge in [-0.1, -0.05) is 36.4 Å². The molecule has 2 heterocycles. The van der Waals surface area contributed by atoms with Crippen LogP contribution in [0.4, 0.5) is 5.82 Å². The molecule has 2 aromatic heterocycles. The SMILES string of the molecule is O=c1[nH]ccn1CCNc1ccc(-c2ccccc2Oc2ccccc2)cn1. The summed E-state index contributed by atoms with van der Waals surface area (Å²) in [6.45, 7) is 1.18. The summed E-state index contributed by atoms with van der Waals surface area (Å²) in [6, 6.07) is 21.5. The van der Waals surface area contributed by atoms with Gasteiger partial charge in [0, 0.05) is 42.8 Å². The largest absolute Gasteiger partial charge is 0.457 e. The van der Waals surface area contributed by atoms with Crippen molar-refractivity contribution in [1.82, 2.24) is 14.5 Å². The van der Waals surface area contributed by atoms with Crippen LogP contribution in [0, 0.1) is 0 Å². The molecule has 4 rings (SSSR count). The number of benzene rings is 2. The summed E-state index contributed by atoms with van der Waals surface area (Å²) < 4.78 is 7.64. The van der Waals surface area contributed by atoms with Gasteiger partial charge in [0.15, 0.2) is 0 Å². The Bertz CT molecular complexity index is 1090. The fraction of sp³-hybridized carbons (Fsp3) is 0.0909. The maximum absolute atomic E-state index is 11.5. The molecule has 0 saturated carbocycles. The van der Waals surface area contributed by atoms with Gasteiger partial charge < -0.3 is 15.0 Å². The minimum Gasteiger partial charge on any atom is -0.457 e. The molecular weight excluding hydrogens is 352 g/mol. The van der Waals surface area contributed by atoms with Crippen LogP contribution in [0.3, 0.4) is 0 Å². The van der Waals surface area contributed by atoms with E-state index in [1.165, 1.54) is 0 Å². The molecule has 2 N–H and O–H groups in total. The standard InChI is InChI=1S/C22H20N4O2/c27-22-24-13-15-26(22)14-12-23-21-11-10-17(16-25-21)19-8-4-5-9-20(19)28-18-6-2-1-3-7-18/h1-11,13,15-16H,12,14H2,(H,23,25)(H,24,27). The lowest BCUT2D eigenvalue weighted by atomic mass is 10.1. The van der Waals surface area contributed by atoms with Gasteiger partial charge in [0.2, 0.25) is 0 Å². The Kier molecular flexibility index (Phi) is 5.20. The molecule has 0 spiro atoms. The van der Waals surface area contributed by atoms with Gasteiger partial charge in [-0.2, -0.15) is 0 Å². The Balaban J connectivity index is 1.45. The number of anilines is 1. The maximum atomic E-state index is 11.5. The number of aromatic amines is 1. The summed E-state index contributed by atoms with van der Waals surface area (Å²) in [7, 11) is 0. The van der Waals surface area contributed by atoms with Crippen molar-refractivity contribution in [3.05, 3.63) is 95.8 Å². The van der Waals surface area contributed by atoms with Gasteiger partial charge in [0.1, 0.15) is 17.3 Å². The minimum atomic E-state index is -0.111. The highest BCUT2D eigenvalue weighted by molar-refractivity contribution is 5.70. The number of para-hydroxylation sites is 2. The van der Waals surface area contributed by atoms with Crippen molar-refractivity contribution in [3.63, 3.8) is 0 Å². The van der Waals surface area contributed by atoms with Crippen molar-refractivity contribution in [2.45, 2.75) is 6.54 Å². The Morgan fingerprint density at radius 3 is 2.57 bits per heavy atom. The third-order valence-corrected chi connectivity index (χ3v) is 4.31. The zero-order chi connectivity index (χ0) is 19.2. The minimum absolute atomic E-state index is 0.111. The topological polar surface area (TPSA) is 71.9 Å². The van der Waals surface area contributed by atoms with Gasteiger partial charge in [0.25, 0.3) is 0 Å². The second-order valence-electron chi connectivity index (χ2n) is 6.23. The van der Waals surface area contributed by atoms with Gasteiger partial charge in [-0.15, -0.1) is 0 Å². The number of hydrogen-bond acceptors (Lipinski definition) is 4. The maximum Gasteiger partial charge on any atom is 0.325 e. The van der Waals surface area contributed by atoms with Crippen molar-refractivity contribution >= 4 is 5.82 Å². The fourth-order valence-electron chi connectivity index (χ4n) is 2.90. The molecular formula is C22H20N4O2. The van der Waals surface area contributed by atoms with E-state index in [4.69, 9.17) is 4.74 Å². The molecule has 140 valence electrons. The smallest absolute Gasteiger partial charge is 0.325 e. The number of nitrogens with zero attached hydrogens (tertiary/aromatic N) is 2. The Morgan fingerprint density at radius 2 is 1.82 bits per heavy atom. The second kappa shape index (κ2) is 8.26. The molecule has 0 saturated heterocycles. The van der Waals surface area contributed by atoms with Crippen LogP contribution in [0.2, 0.25) is 0 Å². The third kappa shape index (κ3) is 4.12. The number of rotatable bonds is 7. The molecule has 0 radical (unpaired) electrons. The van der Waals surface area contributed by atoms with E-state index in [2.05, 4.69) is 15.3 Å². The first-order valence-electron chi connectivity index (χ1n) is 9.06. The Labute approximate surface area is 162 Å². The highest BCUT2D eigenvalue weighted by atomic mass is 16.5. The summed E-state index contributed by atoms with van der Waals surface area (Å²) >= 11 is 0. The average molecular weight is 372 g/mol. The Hall–Kier alpha value is -3.80. The predicted molar refractivity (Wildman–Crippen MR) is 110 cm³/mol. The number of imidazole rings is 1. The third-order valence-electron chi connectivity index (χ3n) is 4.31. The van der Waals surface area contributed by atoms with Gasteiger partial charge in [-0.05, 0) is 30.3 Å². The first kappa shape index (κ1) is 17.6. The van der Waals surface area contributed by atoms with E-state index in [0.29, 0.717) is 13.1 Å². The van der Waals surface area contributed by atoms with E-state index in [1.54, 1.807) is 17.0 Å². The van der Waals surface area contributed by atoms with Crippen molar-refractivity contribution in [2.75, 3.05) is 11.9 Å². The first-order valence-corrected chi connectivity index (χ1v) is 9.06. The lowest BCUT2D eigenvalue weighted by molar-refractivity contribution is 0.484. The molecule has 0 atom stereocenters. The Morgan fingerprint density at radius 1 is 1.00 bits per heavy atom. The van der Waals surface area contributed by atoms with E-state index < -0.39 is 0 Å². The summed E-state index contributed by atoms with van der Waals surface area (Å²) in [5.41, 5.74) is 1.84. The molecule has 6 heteroatoms. The number of pyridine rings is 1. The van der Waals surface area contributed by atoms with Crippen molar-refractivity contribution in [1.29, 1.82) is 0 Å². The quantitative estimate of drug-likeness (QED) is 0.511. The molecule has 0 unspecified atom stereocenters. The molecule has 0 aliphatic heterocycles. The fourth-order valence-corrected chi connectivity index (χ4v) is 2.90. The number of nitrogens with one attached hydrogen (secondary N) is 2. The van der Waals surface area contributed by atoms with Crippen LogP contribution in [-0.2, 0) is 6.54 Å². The molecule has 2 aromatic carbocycles. The second-order valence-corrected chi connectivity index (χ2v) is 6.23. The van der Waals surface area contributed by atoms with E-state index in [-0.39, 0.29) is 5.69 Å². The molecule has 28 heavy (non-hydrogen) atoms. The van der Waals surface area contributed by atoms with Crippen molar-refractivity contribution < 1.29 is 4.74 Å². The normalized spacial score (nSPS) is 10.6. The molecule has 0 fully saturated rings. The van der Waals surface area contributed by atoms with Crippen LogP contribution < -0.4 is 15.7 Å². The average Bonchev–Trinajstić information content (AvgIpc) is 3.15. The van der Waals surface area contributed by atoms with Crippen molar-refractivity contribution in [3.8, 4) is 22.6 Å². The monoisotopic (exact) mass is 372 g/mol. The van der Waals surface area contributed by atoms with Crippen LogP contribution in [0.5, 0.6) is 11.5 Å². The predicted octanol–water partition coefficient (Wildman–Crippen LogP) is 4.14. The first-order chi connectivity index (χ1) is 13.8. The summed E-state index contributed by atoms with van der Waals surface area (Å²) in [5, 5.41) is 3.23. The van der Waals surface area contributed by atoms with Crippen LogP contribution in [0.25, 0.3) is 11.1 Å². The lowest BCUT2D eigenvalue weighted by Gasteiger charge is -2.12.